The van der Waals surface area contributed by atoms with Gasteiger partial charge in [0, 0.05) is 18.5 Å². The van der Waals surface area contributed by atoms with Crippen molar-refractivity contribution in [1.29, 1.82) is 0 Å². The van der Waals surface area contributed by atoms with Crippen molar-refractivity contribution in [1.82, 2.24) is 4.90 Å². The Morgan fingerprint density at radius 2 is 2.23 bits per heavy atom. The van der Waals surface area contributed by atoms with E-state index < -0.39 is 0 Å². The van der Waals surface area contributed by atoms with Crippen molar-refractivity contribution < 1.29 is 4.74 Å². The van der Waals surface area contributed by atoms with Crippen LogP contribution < -0.4 is 0 Å². The maximum atomic E-state index is 6.04. The highest BCUT2D eigenvalue weighted by atomic mass is 35.5. The lowest BCUT2D eigenvalue weighted by molar-refractivity contribution is 0.0361. The monoisotopic (exact) mass is 203 g/mol. The highest BCUT2D eigenvalue weighted by Crippen LogP contribution is 2.22. The van der Waals surface area contributed by atoms with E-state index in [-0.39, 0.29) is 0 Å². The van der Waals surface area contributed by atoms with Crippen LogP contribution in [0.4, 0.5) is 0 Å². The number of halogens is 1. The molecule has 2 nitrogen and oxygen atoms in total. The van der Waals surface area contributed by atoms with Crippen LogP contribution in [0.1, 0.15) is 26.2 Å². The van der Waals surface area contributed by atoms with Crippen molar-refractivity contribution in [3.63, 3.8) is 0 Å². The second-order valence-corrected chi connectivity index (χ2v) is 4.91. The van der Waals surface area contributed by atoms with Crippen LogP contribution in [-0.4, -0.2) is 42.1 Å². The van der Waals surface area contributed by atoms with Crippen LogP contribution in [0.25, 0.3) is 0 Å². The molecule has 0 aromatic heterocycles. The van der Waals surface area contributed by atoms with E-state index in [1.54, 1.807) is 0 Å². The first kappa shape index (κ1) is 9.75. The van der Waals surface area contributed by atoms with Gasteiger partial charge in [0.1, 0.15) is 0 Å². The lowest BCUT2D eigenvalue weighted by Crippen LogP contribution is -2.30. The molecule has 0 bridgehead atoms. The fraction of sp³-hybridized carbons (Fsp3) is 1.00. The Morgan fingerprint density at radius 1 is 1.38 bits per heavy atom. The molecule has 0 amide bonds. The summed E-state index contributed by atoms with van der Waals surface area (Å²) in [4.78, 5) is 2.43. The maximum absolute atomic E-state index is 6.04. The minimum absolute atomic E-state index is 0.374. The lowest BCUT2D eigenvalue weighted by atomic mass is 10.2. The molecule has 2 aliphatic rings. The van der Waals surface area contributed by atoms with Crippen LogP contribution in [0.5, 0.6) is 0 Å². The minimum atomic E-state index is 0.374. The highest BCUT2D eigenvalue weighted by molar-refractivity contribution is 6.20. The first-order valence-corrected chi connectivity index (χ1v) is 5.69. The van der Waals surface area contributed by atoms with Gasteiger partial charge in [-0.1, -0.05) is 0 Å². The van der Waals surface area contributed by atoms with E-state index in [4.69, 9.17) is 16.3 Å². The van der Waals surface area contributed by atoms with Crippen LogP contribution in [0.15, 0.2) is 0 Å². The van der Waals surface area contributed by atoms with Gasteiger partial charge in [-0.2, -0.15) is 0 Å². The number of hydrogen-bond acceptors (Lipinski definition) is 2. The molecule has 76 valence electrons. The Labute approximate surface area is 85.2 Å². The topological polar surface area (TPSA) is 12.5 Å². The van der Waals surface area contributed by atoms with Crippen molar-refractivity contribution in [2.24, 2.45) is 0 Å². The standard InChI is InChI=1S/C10H18ClNO/c1-8-2-3-10(13-8)7-12-5-4-9(11)6-12/h8-10H,2-7H2,1H3. The average molecular weight is 204 g/mol. The molecule has 2 fully saturated rings. The Morgan fingerprint density at radius 3 is 2.77 bits per heavy atom. The van der Waals surface area contributed by atoms with Gasteiger partial charge in [-0.05, 0) is 32.7 Å². The Hall–Kier alpha value is 0.210. The van der Waals surface area contributed by atoms with Gasteiger partial charge >= 0.3 is 0 Å². The van der Waals surface area contributed by atoms with Crippen molar-refractivity contribution in [3.05, 3.63) is 0 Å². The maximum Gasteiger partial charge on any atom is 0.0706 e. The summed E-state index contributed by atoms with van der Waals surface area (Å²) in [6.07, 6.45) is 4.54. The van der Waals surface area contributed by atoms with Crippen molar-refractivity contribution in [2.75, 3.05) is 19.6 Å². The number of likely N-dealkylation sites (tertiary alicyclic amines) is 1. The van der Waals surface area contributed by atoms with Crippen molar-refractivity contribution in [2.45, 2.75) is 43.8 Å². The fourth-order valence-electron chi connectivity index (χ4n) is 2.26. The molecule has 3 unspecified atom stereocenters. The molecule has 2 rings (SSSR count). The first-order valence-electron chi connectivity index (χ1n) is 5.26. The predicted molar refractivity (Wildman–Crippen MR) is 54.3 cm³/mol. The molecule has 0 spiro atoms. The van der Waals surface area contributed by atoms with E-state index in [2.05, 4.69) is 11.8 Å². The molecule has 3 atom stereocenters. The third-order valence-electron chi connectivity index (χ3n) is 3.00. The normalized spacial score (nSPS) is 41.5. The van der Waals surface area contributed by atoms with Crippen LogP contribution in [-0.2, 0) is 4.74 Å². The van der Waals surface area contributed by atoms with Gasteiger partial charge in [-0.3, -0.25) is 4.90 Å². The Bertz CT molecular complexity index is 158. The Balaban J connectivity index is 1.72. The number of alkyl halides is 1. The number of hydrogen-bond donors (Lipinski definition) is 0. The van der Waals surface area contributed by atoms with Gasteiger partial charge in [0.15, 0.2) is 0 Å². The molecule has 2 saturated heterocycles. The summed E-state index contributed by atoms with van der Waals surface area (Å²) in [6.45, 7) is 5.46. The summed E-state index contributed by atoms with van der Waals surface area (Å²) < 4.78 is 5.77. The Kier molecular flexibility index (Phi) is 3.12. The molecular weight excluding hydrogens is 186 g/mol. The minimum Gasteiger partial charge on any atom is -0.374 e. The first-order chi connectivity index (χ1) is 6.24. The van der Waals surface area contributed by atoms with E-state index in [1.807, 2.05) is 0 Å². The second kappa shape index (κ2) is 4.16. The highest BCUT2D eigenvalue weighted by Gasteiger charge is 2.27. The molecular formula is C10H18ClNO. The summed E-state index contributed by atoms with van der Waals surface area (Å²) in [6, 6.07) is 0. The van der Waals surface area contributed by atoms with Crippen molar-refractivity contribution in [3.8, 4) is 0 Å². The second-order valence-electron chi connectivity index (χ2n) is 4.29. The molecule has 3 heteroatoms. The molecule has 0 N–H and O–H groups in total. The summed E-state index contributed by atoms with van der Waals surface area (Å²) in [5, 5.41) is 0.374. The van der Waals surface area contributed by atoms with E-state index in [0.717, 1.165) is 26.1 Å². The number of nitrogens with zero attached hydrogens (tertiary/aromatic N) is 1. The van der Waals surface area contributed by atoms with Crippen LogP contribution >= 0.6 is 11.6 Å². The third kappa shape index (κ3) is 2.58. The largest absolute Gasteiger partial charge is 0.374 e. The molecule has 2 heterocycles. The van der Waals surface area contributed by atoms with E-state index in [9.17, 15) is 0 Å². The molecule has 0 aromatic rings. The smallest absolute Gasteiger partial charge is 0.0706 e. The molecule has 2 aliphatic heterocycles. The van der Waals surface area contributed by atoms with Gasteiger partial charge in [0.2, 0.25) is 0 Å². The SMILES string of the molecule is CC1CCC(CN2CCC(Cl)C2)O1. The zero-order valence-corrected chi connectivity index (χ0v) is 8.96. The predicted octanol–water partition coefficient (Wildman–Crippen LogP) is 1.87. The summed E-state index contributed by atoms with van der Waals surface area (Å²) in [5.41, 5.74) is 0. The van der Waals surface area contributed by atoms with E-state index in [1.165, 1.54) is 12.8 Å². The molecule has 0 aliphatic carbocycles. The zero-order chi connectivity index (χ0) is 9.26. The van der Waals surface area contributed by atoms with Gasteiger partial charge in [0.05, 0.1) is 12.2 Å². The lowest BCUT2D eigenvalue weighted by Gasteiger charge is -2.19. The summed E-state index contributed by atoms with van der Waals surface area (Å²) in [5.74, 6) is 0. The van der Waals surface area contributed by atoms with Gasteiger partial charge in [0.25, 0.3) is 0 Å². The van der Waals surface area contributed by atoms with Crippen molar-refractivity contribution >= 4 is 11.6 Å². The molecule has 0 radical (unpaired) electrons. The van der Waals surface area contributed by atoms with E-state index >= 15 is 0 Å². The van der Waals surface area contributed by atoms with Gasteiger partial charge in [-0.15, -0.1) is 11.6 Å². The number of rotatable bonds is 2. The third-order valence-corrected chi connectivity index (χ3v) is 3.35. The number of ether oxygens (including phenoxy) is 1. The molecule has 0 saturated carbocycles. The quantitative estimate of drug-likeness (QED) is 0.636. The van der Waals surface area contributed by atoms with Crippen LogP contribution in [0.2, 0.25) is 0 Å². The van der Waals surface area contributed by atoms with Crippen LogP contribution in [0.3, 0.4) is 0 Å². The molecule has 0 aromatic carbocycles. The molecule has 13 heavy (non-hydrogen) atoms. The fourth-order valence-corrected chi connectivity index (χ4v) is 2.55. The summed E-state index contributed by atoms with van der Waals surface area (Å²) in [7, 11) is 0. The zero-order valence-electron chi connectivity index (χ0n) is 8.21. The summed E-state index contributed by atoms with van der Waals surface area (Å²) >= 11 is 6.04. The van der Waals surface area contributed by atoms with Gasteiger partial charge < -0.3 is 4.74 Å². The van der Waals surface area contributed by atoms with Gasteiger partial charge in [-0.25, -0.2) is 0 Å². The van der Waals surface area contributed by atoms with E-state index in [0.29, 0.717) is 17.6 Å². The van der Waals surface area contributed by atoms with Crippen LogP contribution in [0, 0.1) is 0 Å². The average Bonchev–Trinajstić information content (AvgIpc) is 2.62.